The summed E-state index contributed by atoms with van der Waals surface area (Å²) in [4.78, 5) is 15.5. The smallest absolute Gasteiger partial charge is 0.292 e. The quantitative estimate of drug-likeness (QED) is 0.178. The number of ketones is 1. The Balaban J connectivity index is 2.10. The molecule has 0 amide bonds. The van der Waals surface area contributed by atoms with E-state index in [9.17, 15) is 26.7 Å². The van der Waals surface area contributed by atoms with E-state index in [0.717, 1.165) is 37.3 Å². The third-order valence-electron chi connectivity index (χ3n) is 5.29. The number of Topliss-reactive ketones (excluding diaryl/α,β-unsaturated/α-hetero) is 1. The summed E-state index contributed by atoms with van der Waals surface area (Å²) >= 11 is 12.2. The minimum atomic E-state index is -4.93. The molecule has 34 heavy (non-hydrogen) atoms. The average molecular weight is 523 g/mol. The lowest BCUT2D eigenvalue weighted by Gasteiger charge is -2.20. The van der Waals surface area contributed by atoms with E-state index in [1.807, 2.05) is 0 Å². The number of carbonyl (C=O) groups excluding carboxylic acids is 1. The van der Waals surface area contributed by atoms with Crippen LogP contribution in [0.25, 0.3) is 5.83 Å². The van der Waals surface area contributed by atoms with Crippen LogP contribution in [-0.2, 0) is 6.05 Å². The summed E-state index contributed by atoms with van der Waals surface area (Å²) < 4.78 is 84.5. The summed E-state index contributed by atoms with van der Waals surface area (Å²) in [5, 5.41) is 0.0404. The highest BCUT2D eigenvalue weighted by atomic mass is 35.5. The van der Waals surface area contributed by atoms with E-state index in [0.29, 0.717) is 11.6 Å². The fourth-order valence-corrected chi connectivity index (χ4v) is 3.99. The predicted molar refractivity (Wildman–Crippen MR) is 120 cm³/mol. The van der Waals surface area contributed by atoms with E-state index in [1.54, 1.807) is 0 Å². The van der Waals surface area contributed by atoms with E-state index < -0.39 is 46.4 Å². The maximum absolute atomic E-state index is 15.0. The molecular weight excluding hydrogens is 505 g/mol. The lowest BCUT2D eigenvalue weighted by molar-refractivity contribution is -0.139. The van der Waals surface area contributed by atoms with Gasteiger partial charge in [-0.1, -0.05) is 35.3 Å². The van der Waals surface area contributed by atoms with Gasteiger partial charge in [0.05, 0.1) is 16.3 Å². The third kappa shape index (κ3) is 5.82. The Kier molecular flexibility index (Phi) is 7.50. The SMILES string of the molecule is CN=CC(=O)c1ccc(/C(F)=C/C(c2cc(Cl)c(Cl)c(C3CC3)c2)C(F)(F)F)cc1C(N)(F)F. The van der Waals surface area contributed by atoms with Gasteiger partial charge in [0.1, 0.15) is 11.7 Å². The second kappa shape index (κ2) is 9.71. The maximum atomic E-state index is 15.0. The van der Waals surface area contributed by atoms with Gasteiger partial charge in [0.2, 0.25) is 5.78 Å². The Morgan fingerprint density at radius 3 is 2.32 bits per heavy atom. The molecule has 3 nitrogen and oxygen atoms in total. The lowest BCUT2D eigenvalue weighted by atomic mass is 9.93. The molecule has 1 aliphatic carbocycles. The first-order valence-electron chi connectivity index (χ1n) is 9.95. The molecule has 1 atom stereocenters. The zero-order valence-corrected chi connectivity index (χ0v) is 19.1. The summed E-state index contributed by atoms with van der Waals surface area (Å²) in [6.07, 6.45) is -2.42. The van der Waals surface area contributed by atoms with Crippen LogP contribution in [0.5, 0.6) is 0 Å². The number of nitrogens with two attached hydrogens (primary N) is 1. The molecule has 0 aromatic heterocycles. The molecule has 182 valence electrons. The maximum Gasteiger partial charge on any atom is 0.399 e. The summed E-state index contributed by atoms with van der Waals surface area (Å²) in [6, 6.07) is 0.489. The van der Waals surface area contributed by atoms with Gasteiger partial charge in [0, 0.05) is 23.7 Å². The van der Waals surface area contributed by atoms with Gasteiger partial charge >= 0.3 is 12.2 Å². The van der Waals surface area contributed by atoms with Crippen LogP contribution in [0.3, 0.4) is 0 Å². The highest BCUT2D eigenvalue weighted by Gasteiger charge is 2.41. The predicted octanol–water partition coefficient (Wildman–Crippen LogP) is 7.42. The summed E-state index contributed by atoms with van der Waals surface area (Å²) in [5.74, 6) is -4.82. The van der Waals surface area contributed by atoms with Crippen molar-refractivity contribution < 1.29 is 31.1 Å². The van der Waals surface area contributed by atoms with E-state index in [2.05, 4.69) is 4.99 Å². The zero-order valence-electron chi connectivity index (χ0n) is 17.6. The molecule has 11 heteroatoms. The number of rotatable bonds is 7. The number of hydrogen-bond donors (Lipinski definition) is 1. The molecule has 0 heterocycles. The molecule has 0 aliphatic heterocycles. The minimum absolute atomic E-state index is 0.0289. The van der Waals surface area contributed by atoms with E-state index in [-0.39, 0.29) is 27.6 Å². The number of alkyl halides is 5. The van der Waals surface area contributed by atoms with Crippen molar-refractivity contribution >= 4 is 41.0 Å². The van der Waals surface area contributed by atoms with Gasteiger partial charge in [-0.15, -0.1) is 0 Å². The average Bonchev–Trinajstić information content (AvgIpc) is 3.57. The van der Waals surface area contributed by atoms with Crippen molar-refractivity contribution in [1.82, 2.24) is 0 Å². The van der Waals surface area contributed by atoms with Crippen LogP contribution in [0, 0.1) is 0 Å². The second-order valence-corrected chi connectivity index (χ2v) is 8.63. The van der Waals surface area contributed by atoms with E-state index >= 15 is 4.39 Å². The van der Waals surface area contributed by atoms with Crippen molar-refractivity contribution in [3.8, 4) is 0 Å². The van der Waals surface area contributed by atoms with Gasteiger partial charge in [-0.25, -0.2) is 4.39 Å². The van der Waals surface area contributed by atoms with Crippen LogP contribution in [-0.4, -0.2) is 25.2 Å². The normalized spacial score (nSPS) is 16.2. The summed E-state index contributed by atoms with van der Waals surface area (Å²) in [5.41, 5.74) is 2.72. The number of carbonyl (C=O) groups is 1. The third-order valence-corrected chi connectivity index (χ3v) is 6.10. The van der Waals surface area contributed by atoms with Crippen LogP contribution < -0.4 is 5.73 Å². The molecule has 0 spiro atoms. The molecule has 2 aromatic carbocycles. The molecule has 0 saturated heterocycles. The molecule has 1 saturated carbocycles. The number of benzene rings is 2. The van der Waals surface area contributed by atoms with Crippen molar-refractivity contribution in [2.24, 2.45) is 10.7 Å². The van der Waals surface area contributed by atoms with E-state index in [1.165, 1.54) is 13.1 Å². The van der Waals surface area contributed by atoms with Gasteiger partial charge in [-0.3, -0.25) is 15.5 Å². The highest BCUT2D eigenvalue weighted by Crippen LogP contribution is 2.48. The van der Waals surface area contributed by atoms with Gasteiger partial charge in [-0.05, 0) is 54.2 Å². The largest absolute Gasteiger partial charge is 0.399 e. The Morgan fingerprint density at radius 1 is 1.15 bits per heavy atom. The van der Waals surface area contributed by atoms with Crippen molar-refractivity contribution in [1.29, 1.82) is 0 Å². The molecule has 1 aliphatic rings. The lowest BCUT2D eigenvalue weighted by Crippen LogP contribution is -2.28. The first-order chi connectivity index (χ1) is 15.7. The van der Waals surface area contributed by atoms with Crippen LogP contribution in [0.15, 0.2) is 41.4 Å². The number of hydrogen-bond acceptors (Lipinski definition) is 3. The number of aliphatic imine (C=N–C) groups is 1. The number of nitrogens with zero attached hydrogens (tertiary/aromatic N) is 1. The van der Waals surface area contributed by atoms with Crippen molar-refractivity contribution in [2.75, 3.05) is 7.05 Å². The Labute approximate surface area is 201 Å². The summed E-state index contributed by atoms with van der Waals surface area (Å²) in [7, 11) is 1.24. The Hall–Kier alpha value is -2.36. The molecule has 2 aromatic rings. The monoisotopic (exact) mass is 522 g/mol. The van der Waals surface area contributed by atoms with Crippen LogP contribution in [0.4, 0.5) is 26.3 Å². The molecular formula is C23H18Cl2F6N2O. The number of halogens is 8. The van der Waals surface area contributed by atoms with Crippen molar-refractivity contribution in [3.63, 3.8) is 0 Å². The van der Waals surface area contributed by atoms with E-state index in [4.69, 9.17) is 28.9 Å². The van der Waals surface area contributed by atoms with Gasteiger partial charge in [0.15, 0.2) is 0 Å². The van der Waals surface area contributed by atoms with Gasteiger partial charge < -0.3 is 0 Å². The Bertz CT molecular complexity index is 1170. The van der Waals surface area contributed by atoms with Gasteiger partial charge in [0.25, 0.3) is 0 Å². The first kappa shape index (κ1) is 26.2. The fraction of sp³-hybridized carbons (Fsp3) is 0.304. The van der Waals surface area contributed by atoms with Crippen molar-refractivity contribution in [2.45, 2.75) is 36.9 Å². The van der Waals surface area contributed by atoms with Gasteiger partial charge in [-0.2, -0.15) is 22.0 Å². The van der Waals surface area contributed by atoms with Crippen LogP contribution in [0.1, 0.15) is 57.3 Å². The molecule has 3 rings (SSSR count). The molecule has 1 fully saturated rings. The molecule has 1 unspecified atom stereocenters. The molecule has 2 N–H and O–H groups in total. The van der Waals surface area contributed by atoms with Crippen molar-refractivity contribution in [3.05, 3.63) is 74.3 Å². The zero-order chi connectivity index (χ0) is 25.4. The first-order valence-corrected chi connectivity index (χ1v) is 10.7. The fourth-order valence-electron chi connectivity index (χ4n) is 3.50. The second-order valence-electron chi connectivity index (χ2n) is 7.85. The molecule has 0 bridgehead atoms. The summed E-state index contributed by atoms with van der Waals surface area (Å²) in [6.45, 7) is 0. The van der Waals surface area contributed by atoms with Crippen LogP contribution >= 0.6 is 23.2 Å². The molecule has 0 radical (unpaired) electrons. The number of allylic oxidation sites excluding steroid dienone is 1. The highest BCUT2D eigenvalue weighted by molar-refractivity contribution is 6.42. The standard InChI is InChI=1S/C23H18Cl2F6N2O/c1-33-10-20(34)14-5-4-12(7-17(14)23(30,31)32)19(26)9-16(22(27,28)29)13-6-15(11-2-3-11)21(25)18(24)8-13/h4-11,16H,2-3,32H2,1H3/b19-9-,33-10?. The minimum Gasteiger partial charge on any atom is -0.292 e. The van der Waals surface area contributed by atoms with Crippen LogP contribution in [0.2, 0.25) is 10.0 Å². The Morgan fingerprint density at radius 2 is 1.79 bits per heavy atom. The topological polar surface area (TPSA) is 55.5 Å².